The summed E-state index contributed by atoms with van der Waals surface area (Å²) in [4.78, 5) is 11.6. The van der Waals surface area contributed by atoms with Crippen LogP contribution < -0.4 is 0 Å². The van der Waals surface area contributed by atoms with Gasteiger partial charge >= 0.3 is 0 Å². The summed E-state index contributed by atoms with van der Waals surface area (Å²) < 4.78 is 0. The Balaban J connectivity index is 1.67. The van der Waals surface area contributed by atoms with Crippen molar-refractivity contribution in [2.75, 3.05) is 13.1 Å². The summed E-state index contributed by atoms with van der Waals surface area (Å²) in [5, 5.41) is 0. The Bertz CT molecular complexity index is 412. The number of hydrogen-bond donors (Lipinski definition) is 0. The zero-order chi connectivity index (χ0) is 13.1. The molecular weight excluding hydrogens is 234 g/mol. The second kappa shape index (κ2) is 6.00. The Morgan fingerprint density at radius 3 is 2.74 bits per heavy atom. The van der Waals surface area contributed by atoms with Gasteiger partial charge in [-0.05, 0) is 45.2 Å². The van der Waals surface area contributed by atoms with Crippen molar-refractivity contribution in [1.29, 1.82) is 0 Å². The molecule has 104 valence electrons. The van der Waals surface area contributed by atoms with Gasteiger partial charge in [0.1, 0.15) is 5.82 Å². The summed E-state index contributed by atoms with van der Waals surface area (Å²) in [5.41, 5.74) is 1.26. The second-order valence-electron chi connectivity index (χ2n) is 6.15. The van der Waals surface area contributed by atoms with Gasteiger partial charge < -0.3 is 0 Å². The topological polar surface area (TPSA) is 29.0 Å². The molecule has 3 rings (SSSR count). The van der Waals surface area contributed by atoms with Crippen LogP contribution in [-0.2, 0) is 0 Å². The molecule has 0 aromatic carbocycles. The minimum absolute atomic E-state index is 0.623. The smallest absolute Gasteiger partial charge is 0.125 e. The molecule has 1 saturated carbocycles. The molecular formula is C16H25N3. The van der Waals surface area contributed by atoms with Crippen LogP contribution in [0.3, 0.4) is 0 Å². The van der Waals surface area contributed by atoms with Crippen LogP contribution in [0.4, 0.5) is 0 Å². The third-order valence-corrected chi connectivity index (χ3v) is 4.76. The molecule has 19 heavy (non-hydrogen) atoms. The molecule has 1 aliphatic heterocycles. The molecule has 0 bridgehead atoms. The van der Waals surface area contributed by atoms with Gasteiger partial charge in [-0.3, -0.25) is 4.90 Å². The van der Waals surface area contributed by atoms with Crippen molar-refractivity contribution in [3.8, 4) is 0 Å². The van der Waals surface area contributed by atoms with Gasteiger partial charge in [-0.1, -0.05) is 19.3 Å². The quantitative estimate of drug-likeness (QED) is 0.816. The van der Waals surface area contributed by atoms with E-state index in [1.165, 1.54) is 63.7 Å². The molecule has 0 amide bonds. The molecule has 3 nitrogen and oxygen atoms in total. The average molecular weight is 259 g/mol. The van der Waals surface area contributed by atoms with E-state index in [9.17, 15) is 0 Å². The van der Waals surface area contributed by atoms with Gasteiger partial charge in [0.15, 0.2) is 0 Å². The third kappa shape index (κ3) is 3.14. The van der Waals surface area contributed by atoms with Gasteiger partial charge in [0.25, 0.3) is 0 Å². The maximum absolute atomic E-state index is 4.64. The first kappa shape index (κ1) is 13.0. The monoisotopic (exact) mass is 259 g/mol. The molecule has 1 aromatic heterocycles. The normalized spacial score (nSPS) is 26.5. The standard InChI is InChI=1S/C16H25N3/c1-13-17-10-9-16(18-13)14-6-5-11-19(12-14)15-7-3-2-4-8-15/h9-10,14-15H,2-8,11-12H2,1H3. The molecule has 0 spiro atoms. The molecule has 1 saturated heterocycles. The first-order valence-electron chi connectivity index (χ1n) is 7.86. The number of likely N-dealkylation sites (tertiary alicyclic amines) is 1. The van der Waals surface area contributed by atoms with Crippen LogP contribution in [0, 0.1) is 6.92 Å². The highest BCUT2D eigenvalue weighted by molar-refractivity contribution is 5.10. The molecule has 1 unspecified atom stereocenters. The molecule has 1 atom stereocenters. The molecule has 3 heteroatoms. The molecule has 0 radical (unpaired) electrons. The number of hydrogen-bond acceptors (Lipinski definition) is 3. The SMILES string of the molecule is Cc1nccc(C2CCCN(C3CCCCC3)C2)n1. The summed E-state index contributed by atoms with van der Waals surface area (Å²) in [5.74, 6) is 1.53. The van der Waals surface area contributed by atoms with Crippen LogP contribution in [0.25, 0.3) is 0 Å². The molecule has 1 aromatic rings. The van der Waals surface area contributed by atoms with Gasteiger partial charge in [-0.25, -0.2) is 9.97 Å². The lowest BCUT2D eigenvalue weighted by atomic mass is 9.89. The Labute approximate surface area is 116 Å². The number of rotatable bonds is 2. The van der Waals surface area contributed by atoms with Gasteiger partial charge in [0.05, 0.1) is 0 Å². The maximum atomic E-state index is 4.64. The number of piperidine rings is 1. The lowest BCUT2D eigenvalue weighted by Crippen LogP contribution is -2.43. The number of nitrogens with zero attached hydrogens (tertiary/aromatic N) is 3. The van der Waals surface area contributed by atoms with Crippen LogP contribution in [0.5, 0.6) is 0 Å². The lowest BCUT2D eigenvalue weighted by Gasteiger charge is -2.39. The number of aryl methyl sites for hydroxylation is 1. The summed E-state index contributed by atoms with van der Waals surface area (Å²) in [6.45, 7) is 4.50. The van der Waals surface area contributed by atoms with Crippen molar-refractivity contribution in [3.05, 3.63) is 23.8 Å². The van der Waals surface area contributed by atoms with Crippen molar-refractivity contribution in [2.24, 2.45) is 0 Å². The van der Waals surface area contributed by atoms with E-state index in [1.807, 2.05) is 13.1 Å². The molecule has 1 aliphatic carbocycles. The molecule has 2 fully saturated rings. The highest BCUT2D eigenvalue weighted by atomic mass is 15.2. The summed E-state index contributed by atoms with van der Waals surface area (Å²) in [6, 6.07) is 2.96. The van der Waals surface area contributed by atoms with E-state index in [0.29, 0.717) is 5.92 Å². The van der Waals surface area contributed by atoms with E-state index < -0.39 is 0 Å². The molecule has 0 N–H and O–H groups in total. The summed E-state index contributed by atoms with van der Waals surface area (Å²) >= 11 is 0. The lowest BCUT2D eigenvalue weighted by molar-refractivity contribution is 0.118. The van der Waals surface area contributed by atoms with E-state index in [1.54, 1.807) is 0 Å². The Kier molecular flexibility index (Phi) is 4.12. The van der Waals surface area contributed by atoms with Crippen LogP contribution in [0.2, 0.25) is 0 Å². The predicted molar refractivity (Wildman–Crippen MR) is 77.2 cm³/mol. The average Bonchev–Trinajstić information content (AvgIpc) is 2.48. The van der Waals surface area contributed by atoms with Crippen LogP contribution >= 0.6 is 0 Å². The largest absolute Gasteiger partial charge is 0.300 e. The van der Waals surface area contributed by atoms with E-state index in [-0.39, 0.29) is 0 Å². The summed E-state index contributed by atoms with van der Waals surface area (Å²) in [7, 11) is 0. The predicted octanol–water partition coefficient (Wildman–Crippen LogP) is 3.30. The highest BCUT2D eigenvalue weighted by Gasteiger charge is 2.28. The Hall–Kier alpha value is -0.960. The molecule has 2 aliphatic rings. The van der Waals surface area contributed by atoms with Crippen molar-refractivity contribution in [2.45, 2.75) is 63.8 Å². The van der Waals surface area contributed by atoms with E-state index in [2.05, 4.69) is 20.9 Å². The third-order valence-electron chi connectivity index (χ3n) is 4.76. The van der Waals surface area contributed by atoms with Crippen molar-refractivity contribution in [3.63, 3.8) is 0 Å². The fraction of sp³-hybridized carbons (Fsp3) is 0.750. The Morgan fingerprint density at radius 1 is 1.11 bits per heavy atom. The minimum Gasteiger partial charge on any atom is -0.300 e. The minimum atomic E-state index is 0.623. The highest BCUT2D eigenvalue weighted by Crippen LogP contribution is 2.30. The van der Waals surface area contributed by atoms with E-state index in [4.69, 9.17) is 0 Å². The zero-order valence-corrected chi connectivity index (χ0v) is 12.0. The number of aromatic nitrogens is 2. The summed E-state index contributed by atoms with van der Waals surface area (Å²) in [6.07, 6.45) is 11.7. The van der Waals surface area contributed by atoms with Gasteiger partial charge in [0, 0.05) is 30.4 Å². The first-order chi connectivity index (χ1) is 9.33. The van der Waals surface area contributed by atoms with E-state index >= 15 is 0 Å². The van der Waals surface area contributed by atoms with Crippen molar-refractivity contribution < 1.29 is 0 Å². The fourth-order valence-electron chi connectivity index (χ4n) is 3.73. The van der Waals surface area contributed by atoms with Gasteiger partial charge in [-0.15, -0.1) is 0 Å². The van der Waals surface area contributed by atoms with E-state index in [0.717, 1.165) is 11.9 Å². The van der Waals surface area contributed by atoms with Crippen LogP contribution in [-0.4, -0.2) is 34.0 Å². The second-order valence-corrected chi connectivity index (χ2v) is 6.15. The first-order valence-corrected chi connectivity index (χ1v) is 7.86. The molecule has 2 heterocycles. The maximum Gasteiger partial charge on any atom is 0.125 e. The van der Waals surface area contributed by atoms with Crippen molar-refractivity contribution >= 4 is 0 Å². The van der Waals surface area contributed by atoms with Crippen LogP contribution in [0.15, 0.2) is 12.3 Å². The van der Waals surface area contributed by atoms with Crippen LogP contribution in [0.1, 0.15) is 62.4 Å². The van der Waals surface area contributed by atoms with Gasteiger partial charge in [0.2, 0.25) is 0 Å². The van der Waals surface area contributed by atoms with Gasteiger partial charge in [-0.2, -0.15) is 0 Å². The Morgan fingerprint density at radius 2 is 1.95 bits per heavy atom. The fourth-order valence-corrected chi connectivity index (χ4v) is 3.73. The zero-order valence-electron chi connectivity index (χ0n) is 12.0. The van der Waals surface area contributed by atoms with Crippen molar-refractivity contribution in [1.82, 2.24) is 14.9 Å².